The zero-order valence-corrected chi connectivity index (χ0v) is 19.4. The largest absolute Gasteiger partial charge is 0.324 e. The van der Waals surface area contributed by atoms with Crippen LogP contribution in [0, 0.1) is 11.2 Å². The number of anilines is 1. The SMILES string of the molecule is C=S1CCN(C(=O)N(Cc2ccc(C(C)=N)cc2F)c2ccc(-c3cccnc3)cc2)CC1. The number of halogens is 1. The van der Waals surface area contributed by atoms with Gasteiger partial charge < -0.3 is 10.3 Å². The van der Waals surface area contributed by atoms with Gasteiger partial charge in [-0.25, -0.2) is 9.18 Å². The molecule has 2 heterocycles. The van der Waals surface area contributed by atoms with Gasteiger partial charge in [-0.05, 0) is 47.9 Å². The third kappa shape index (κ3) is 5.37. The van der Waals surface area contributed by atoms with Crippen molar-refractivity contribution in [1.29, 1.82) is 5.41 Å². The minimum Gasteiger partial charge on any atom is -0.323 e. The number of nitrogens with one attached hydrogen (secondary N) is 1. The van der Waals surface area contributed by atoms with Gasteiger partial charge in [-0.1, -0.05) is 36.2 Å². The van der Waals surface area contributed by atoms with Gasteiger partial charge in [-0.2, -0.15) is 10.5 Å². The van der Waals surface area contributed by atoms with Crippen LogP contribution in [0.25, 0.3) is 11.1 Å². The van der Waals surface area contributed by atoms with Crippen LogP contribution in [0.5, 0.6) is 0 Å². The topological polar surface area (TPSA) is 60.3 Å². The van der Waals surface area contributed by atoms with Crippen LogP contribution >= 0.6 is 10.5 Å². The number of carbonyl (C=O) groups excluding carboxylic acids is 1. The van der Waals surface area contributed by atoms with Crippen LogP contribution in [0.2, 0.25) is 0 Å². The lowest BCUT2D eigenvalue weighted by Crippen LogP contribution is -2.47. The van der Waals surface area contributed by atoms with Crippen LogP contribution in [0.1, 0.15) is 18.1 Å². The number of nitrogens with zero attached hydrogens (tertiary/aromatic N) is 3. The lowest BCUT2D eigenvalue weighted by atomic mass is 10.1. The highest BCUT2D eigenvalue weighted by atomic mass is 32.2. The summed E-state index contributed by atoms with van der Waals surface area (Å²) in [6.07, 6.45) is 3.53. The number of pyridine rings is 1. The van der Waals surface area contributed by atoms with E-state index < -0.39 is 5.82 Å². The first-order valence-electron chi connectivity index (χ1n) is 10.8. The molecule has 0 aliphatic carbocycles. The van der Waals surface area contributed by atoms with Crippen LogP contribution in [0.15, 0.2) is 67.0 Å². The maximum absolute atomic E-state index is 14.9. The normalized spacial score (nSPS) is 14.2. The number of rotatable bonds is 5. The molecule has 33 heavy (non-hydrogen) atoms. The fourth-order valence-corrected chi connectivity index (χ4v) is 4.93. The van der Waals surface area contributed by atoms with Crippen LogP contribution in [-0.4, -0.2) is 52.1 Å². The lowest BCUT2D eigenvalue weighted by molar-refractivity contribution is 0.209. The Labute approximate surface area is 196 Å². The molecule has 1 fully saturated rings. The Balaban J connectivity index is 1.65. The molecule has 0 bridgehead atoms. The van der Waals surface area contributed by atoms with Crippen molar-refractivity contribution in [2.24, 2.45) is 0 Å². The number of aromatic nitrogens is 1. The molecular formula is C26H27FN4OS. The first-order valence-corrected chi connectivity index (χ1v) is 12.5. The van der Waals surface area contributed by atoms with Gasteiger partial charge in [-0.3, -0.25) is 9.88 Å². The average molecular weight is 463 g/mol. The zero-order valence-electron chi connectivity index (χ0n) is 18.6. The Morgan fingerprint density at radius 3 is 2.48 bits per heavy atom. The minimum absolute atomic E-state index is 0.0933. The van der Waals surface area contributed by atoms with Crippen molar-refractivity contribution in [2.75, 3.05) is 29.5 Å². The summed E-state index contributed by atoms with van der Waals surface area (Å²) in [7, 11) is 0.0933. The fourth-order valence-electron chi connectivity index (χ4n) is 3.77. The molecule has 1 aliphatic heterocycles. The predicted octanol–water partition coefficient (Wildman–Crippen LogP) is 5.42. The molecule has 1 saturated heterocycles. The third-order valence-corrected chi connectivity index (χ3v) is 7.31. The number of hydrogen-bond donors (Lipinski definition) is 1. The number of benzene rings is 2. The summed E-state index contributed by atoms with van der Waals surface area (Å²) in [5.41, 5.74) is 3.95. The highest BCUT2D eigenvalue weighted by Crippen LogP contribution is 2.27. The van der Waals surface area contributed by atoms with Gasteiger partial charge in [0.15, 0.2) is 0 Å². The summed E-state index contributed by atoms with van der Waals surface area (Å²) in [5, 5.41) is 7.74. The molecule has 4 rings (SSSR count). The van der Waals surface area contributed by atoms with Crippen molar-refractivity contribution in [2.45, 2.75) is 13.5 Å². The Bertz CT molecular complexity index is 1170. The van der Waals surface area contributed by atoms with Crippen molar-refractivity contribution in [3.8, 4) is 11.1 Å². The highest BCUT2D eigenvalue weighted by molar-refractivity contribution is 8.14. The van der Waals surface area contributed by atoms with E-state index >= 15 is 0 Å². The molecule has 1 aromatic heterocycles. The molecule has 3 aromatic rings. The molecule has 7 heteroatoms. The van der Waals surface area contributed by atoms with Gasteiger partial charge in [-0.15, -0.1) is 0 Å². The first kappa shape index (κ1) is 22.9. The number of urea groups is 1. The van der Waals surface area contributed by atoms with Crippen LogP contribution < -0.4 is 4.90 Å². The Hall–Kier alpha value is -3.32. The molecule has 2 aromatic carbocycles. The molecule has 1 aliphatic rings. The van der Waals surface area contributed by atoms with Crippen LogP contribution in [-0.2, 0) is 6.54 Å². The number of amides is 2. The second-order valence-corrected chi connectivity index (χ2v) is 10.1. The second kappa shape index (κ2) is 10.1. The number of hydrogen-bond acceptors (Lipinski definition) is 3. The highest BCUT2D eigenvalue weighted by Gasteiger charge is 2.25. The van der Waals surface area contributed by atoms with Crippen LogP contribution in [0.3, 0.4) is 0 Å². The molecule has 0 unspecified atom stereocenters. The molecule has 1 N–H and O–H groups in total. The Kier molecular flexibility index (Phi) is 6.99. The van der Waals surface area contributed by atoms with Crippen LogP contribution in [0.4, 0.5) is 14.9 Å². The van der Waals surface area contributed by atoms with E-state index in [4.69, 9.17) is 5.41 Å². The monoisotopic (exact) mass is 462 g/mol. The summed E-state index contributed by atoms with van der Waals surface area (Å²) < 4.78 is 14.9. The smallest absolute Gasteiger partial charge is 0.323 e. The van der Waals surface area contributed by atoms with E-state index in [1.165, 1.54) is 6.07 Å². The lowest BCUT2D eigenvalue weighted by Gasteiger charge is -2.34. The summed E-state index contributed by atoms with van der Waals surface area (Å²) >= 11 is 0. The Morgan fingerprint density at radius 1 is 1.15 bits per heavy atom. The second-order valence-electron chi connectivity index (χ2n) is 8.10. The molecule has 0 spiro atoms. The average Bonchev–Trinajstić information content (AvgIpc) is 2.84. The summed E-state index contributed by atoms with van der Waals surface area (Å²) in [6.45, 7) is 3.05. The summed E-state index contributed by atoms with van der Waals surface area (Å²) in [4.78, 5) is 21.2. The molecule has 5 nitrogen and oxygen atoms in total. The van der Waals surface area contributed by atoms with E-state index in [9.17, 15) is 9.18 Å². The van der Waals surface area contributed by atoms with E-state index in [1.54, 1.807) is 36.4 Å². The van der Waals surface area contributed by atoms with Crippen molar-refractivity contribution in [3.63, 3.8) is 0 Å². The summed E-state index contributed by atoms with van der Waals surface area (Å²) in [5.74, 6) is 5.50. The number of carbonyl (C=O) groups is 1. The molecule has 2 amide bonds. The molecule has 0 radical (unpaired) electrons. The van der Waals surface area contributed by atoms with Gasteiger partial charge in [0.2, 0.25) is 0 Å². The summed E-state index contributed by atoms with van der Waals surface area (Å²) in [6, 6.07) is 16.2. The Morgan fingerprint density at radius 2 is 1.88 bits per heavy atom. The standard InChI is InChI=1S/C26H27FN4OS/c1-19(28)21-5-6-23(25(27)16-21)18-31(26(32)30-12-14-33(2)15-13-30)24-9-7-20(8-10-24)22-4-3-11-29-17-22/h3-11,16-17,28H,2,12-15,18H2,1H3. The van der Waals surface area contributed by atoms with Gasteiger partial charge in [0, 0.05) is 54.0 Å². The van der Waals surface area contributed by atoms with E-state index in [0.29, 0.717) is 35.6 Å². The predicted molar refractivity (Wildman–Crippen MR) is 136 cm³/mol. The van der Waals surface area contributed by atoms with Gasteiger partial charge in [0.05, 0.1) is 6.54 Å². The van der Waals surface area contributed by atoms with Gasteiger partial charge >= 0.3 is 6.03 Å². The maximum Gasteiger partial charge on any atom is 0.324 e. The molecular weight excluding hydrogens is 435 g/mol. The fraction of sp³-hybridized carbons (Fsp3) is 0.231. The van der Waals surface area contributed by atoms with E-state index in [1.807, 2.05) is 41.3 Å². The molecule has 0 saturated carbocycles. The maximum atomic E-state index is 14.9. The quantitative estimate of drug-likeness (QED) is 0.407. The minimum atomic E-state index is -0.415. The van der Waals surface area contributed by atoms with E-state index in [-0.39, 0.29) is 23.1 Å². The molecule has 170 valence electrons. The van der Waals surface area contributed by atoms with Crippen molar-refractivity contribution in [1.82, 2.24) is 9.88 Å². The van der Waals surface area contributed by atoms with Gasteiger partial charge in [0.25, 0.3) is 0 Å². The zero-order chi connectivity index (χ0) is 23.4. The van der Waals surface area contributed by atoms with E-state index in [0.717, 1.165) is 22.6 Å². The van der Waals surface area contributed by atoms with Crippen molar-refractivity contribution in [3.05, 3.63) is 83.9 Å². The van der Waals surface area contributed by atoms with Gasteiger partial charge in [0.1, 0.15) is 5.82 Å². The molecule has 0 atom stereocenters. The van der Waals surface area contributed by atoms with Crippen molar-refractivity contribution >= 4 is 33.8 Å². The first-order chi connectivity index (χ1) is 15.9. The van der Waals surface area contributed by atoms with E-state index in [2.05, 4.69) is 10.9 Å². The van der Waals surface area contributed by atoms with Crippen molar-refractivity contribution < 1.29 is 9.18 Å². The third-order valence-electron chi connectivity index (χ3n) is 5.79.